The molecule has 0 bridgehead atoms. The molecular formula is C18H36N2O. The predicted octanol–water partition coefficient (Wildman–Crippen LogP) is 3.29. The summed E-state index contributed by atoms with van der Waals surface area (Å²) in [7, 11) is 0. The Bertz CT molecular complexity index is 304. The lowest BCUT2D eigenvalue weighted by Gasteiger charge is -2.47. The van der Waals surface area contributed by atoms with Crippen molar-refractivity contribution in [2.24, 2.45) is 11.8 Å². The molecule has 3 heteroatoms. The van der Waals surface area contributed by atoms with Crippen molar-refractivity contribution in [3.05, 3.63) is 0 Å². The molecule has 2 atom stereocenters. The zero-order chi connectivity index (χ0) is 15.3. The van der Waals surface area contributed by atoms with Gasteiger partial charge in [0.25, 0.3) is 0 Å². The second-order valence-corrected chi connectivity index (χ2v) is 7.79. The largest absolute Gasteiger partial charge is 0.380 e. The van der Waals surface area contributed by atoms with Crippen LogP contribution in [0.25, 0.3) is 0 Å². The number of hydrogen-bond acceptors (Lipinski definition) is 3. The Hall–Kier alpha value is -0.120. The molecule has 2 rings (SSSR count). The Morgan fingerprint density at radius 3 is 2.67 bits per heavy atom. The van der Waals surface area contributed by atoms with Gasteiger partial charge in [0.2, 0.25) is 0 Å². The van der Waals surface area contributed by atoms with Crippen LogP contribution in [-0.2, 0) is 4.74 Å². The molecule has 0 amide bonds. The molecule has 0 spiro atoms. The molecule has 1 aliphatic heterocycles. The van der Waals surface area contributed by atoms with Crippen LogP contribution in [-0.4, -0.2) is 49.3 Å². The molecule has 21 heavy (non-hydrogen) atoms. The highest BCUT2D eigenvalue weighted by Crippen LogP contribution is 2.41. The van der Waals surface area contributed by atoms with E-state index in [4.69, 9.17) is 4.74 Å². The first-order chi connectivity index (χ1) is 10.0. The topological polar surface area (TPSA) is 24.5 Å². The molecule has 1 saturated heterocycles. The van der Waals surface area contributed by atoms with Crippen LogP contribution >= 0.6 is 0 Å². The van der Waals surface area contributed by atoms with Crippen molar-refractivity contribution in [3.8, 4) is 0 Å². The first-order valence-electron chi connectivity index (χ1n) is 9.12. The zero-order valence-corrected chi connectivity index (χ0v) is 14.7. The van der Waals surface area contributed by atoms with Gasteiger partial charge in [-0.2, -0.15) is 0 Å². The van der Waals surface area contributed by atoms with Gasteiger partial charge in [0, 0.05) is 37.8 Å². The summed E-state index contributed by atoms with van der Waals surface area (Å²) >= 11 is 0. The quantitative estimate of drug-likeness (QED) is 0.661. The molecule has 124 valence electrons. The van der Waals surface area contributed by atoms with Gasteiger partial charge in [-0.3, -0.25) is 4.90 Å². The Labute approximate surface area is 131 Å². The summed E-state index contributed by atoms with van der Waals surface area (Å²) in [5.41, 5.74) is 0.344. The van der Waals surface area contributed by atoms with E-state index < -0.39 is 0 Å². The summed E-state index contributed by atoms with van der Waals surface area (Å²) in [6, 6.07) is 0.687. The fourth-order valence-corrected chi connectivity index (χ4v) is 3.65. The normalized spacial score (nSPS) is 31.0. The van der Waals surface area contributed by atoms with Gasteiger partial charge in [-0.05, 0) is 44.4 Å². The predicted molar refractivity (Wildman–Crippen MR) is 89.7 cm³/mol. The first kappa shape index (κ1) is 17.2. The van der Waals surface area contributed by atoms with Gasteiger partial charge in [-0.25, -0.2) is 0 Å². The maximum absolute atomic E-state index is 5.81. The van der Waals surface area contributed by atoms with E-state index in [1.54, 1.807) is 0 Å². The Balaban J connectivity index is 1.83. The lowest BCUT2D eigenvalue weighted by Crippen LogP contribution is -2.64. The average Bonchev–Trinajstić information content (AvgIpc) is 3.26. The van der Waals surface area contributed by atoms with Crippen LogP contribution in [0.15, 0.2) is 0 Å². The molecule has 1 N–H and O–H groups in total. The van der Waals surface area contributed by atoms with Gasteiger partial charge in [-0.1, -0.05) is 27.2 Å². The maximum atomic E-state index is 5.81. The SMILES string of the molecule is CCCCOCCN1CC(C)(C2CC2)NCC1CC(C)C. The standard InChI is InChI=1S/C18H36N2O/c1-5-6-10-21-11-9-20-14-18(4,16-7-8-16)19-13-17(20)12-15(2)3/h15-17,19H,5-14H2,1-4H3. The van der Waals surface area contributed by atoms with Crippen molar-refractivity contribution in [1.29, 1.82) is 0 Å². The summed E-state index contributed by atoms with van der Waals surface area (Å²) in [4.78, 5) is 2.71. The van der Waals surface area contributed by atoms with Crippen LogP contribution in [0.5, 0.6) is 0 Å². The summed E-state index contributed by atoms with van der Waals surface area (Å²) in [6.45, 7) is 14.6. The van der Waals surface area contributed by atoms with Gasteiger partial charge in [0.15, 0.2) is 0 Å². The van der Waals surface area contributed by atoms with Crippen LogP contribution in [0, 0.1) is 11.8 Å². The number of piperazine rings is 1. The van der Waals surface area contributed by atoms with E-state index in [1.807, 2.05) is 0 Å². The molecular weight excluding hydrogens is 260 g/mol. The molecule has 0 aromatic heterocycles. The highest BCUT2D eigenvalue weighted by molar-refractivity contribution is 5.04. The smallest absolute Gasteiger partial charge is 0.0593 e. The number of rotatable bonds is 9. The molecule has 1 aliphatic carbocycles. The van der Waals surface area contributed by atoms with Crippen molar-refractivity contribution in [3.63, 3.8) is 0 Å². The minimum Gasteiger partial charge on any atom is -0.380 e. The monoisotopic (exact) mass is 296 g/mol. The molecule has 0 radical (unpaired) electrons. The van der Waals surface area contributed by atoms with Crippen molar-refractivity contribution in [1.82, 2.24) is 10.2 Å². The zero-order valence-electron chi connectivity index (χ0n) is 14.7. The minimum atomic E-state index is 0.344. The van der Waals surface area contributed by atoms with E-state index in [-0.39, 0.29) is 0 Å². The third-order valence-corrected chi connectivity index (χ3v) is 5.18. The summed E-state index contributed by atoms with van der Waals surface area (Å²) in [5, 5.41) is 3.87. The van der Waals surface area contributed by atoms with E-state index in [1.165, 1.54) is 38.6 Å². The van der Waals surface area contributed by atoms with Crippen LogP contribution < -0.4 is 5.32 Å². The van der Waals surface area contributed by atoms with E-state index in [0.717, 1.165) is 38.1 Å². The molecule has 1 saturated carbocycles. The van der Waals surface area contributed by atoms with Gasteiger partial charge in [0.05, 0.1) is 6.61 Å². The minimum absolute atomic E-state index is 0.344. The molecule has 2 fully saturated rings. The highest BCUT2D eigenvalue weighted by atomic mass is 16.5. The lowest BCUT2D eigenvalue weighted by molar-refractivity contribution is 0.0312. The molecule has 0 aromatic rings. The fraction of sp³-hybridized carbons (Fsp3) is 1.00. The third kappa shape index (κ3) is 5.22. The van der Waals surface area contributed by atoms with Crippen LogP contribution in [0.3, 0.4) is 0 Å². The Morgan fingerprint density at radius 1 is 1.29 bits per heavy atom. The lowest BCUT2D eigenvalue weighted by atomic mass is 9.89. The summed E-state index contributed by atoms with van der Waals surface area (Å²) in [6.07, 6.45) is 6.54. The number of hydrogen-bond donors (Lipinski definition) is 1. The van der Waals surface area contributed by atoms with Crippen LogP contribution in [0.1, 0.15) is 59.8 Å². The number of ether oxygens (including phenoxy) is 1. The second-order valence-electron chi connectivity index (χ2n) is 7.79. The van der Waals surface area contributed by atoms with E-state index in [0.29, 0.717) is 11.6 Å². The number of unbranched alkanes of at least 4 members (excludes halogenated alkanes) is 1. The summed E-state index contributed by atoms with van der Waals surface area (Å²) < 4.78 is 5.81. The molecule has 1 heterocycles. The Kier molecular flexibility index (Phi) is 6.51. The molecule has 3 nitrogen and oxygen atoms in total. The number of nitrogens with one attached hydrogen (secondary N) is 1. The van der Waals surface area contributed by atoms with Gasteiger partial charge in [-0.15, -0.1) is 0 Å². The fourth-order valence-electron chi connectivity index (χ4n) is 3.65. The molecule has 2 unspecified atom stereocenters. The van der Waals surface area contributed by atoms with Crippen LogP contribution in [0.4, 0.5) is 0 Å². The third-order valence-electron chi connectivity index (χ3n) is 5.18. The van der Waals surface area contributed by atoms with Crippen LogP contribution in [0.2, 0.25) is 0 Å². The maximum Gasteiger partial charge on any atom is 0.0593 e. The van der Waals surface area contributed by atoms with E-state index >= 15 is 0 Å². The van der Waals surface area contributed by atoms with Gasteiger partial charge < -0.3 is 10.1 Å². The Morgan fingerprint density at radius 2 is 2.05 bits per heavy atom. The average molecular weight is 296 g/mol. The van der Waals surface area contributed by atoms with Crippen molar-refractivity contribution < 1.29 is 4.74 Å². The van der Waals surface area contributed by atoms with E-state index in [9.17, 15) is 0 Å². The van der Waals surface area contributed by atoms with Crippen molar-refractivity contribution in [2.45, 2.75) is 71.4 Å². The first-order valence-corrected chi connectivity index (χ1v) is 9.12. The van der Waals surface area contributed by atoms with Crippen molar-refractivity contribution >= 4 is 0 Å². The highest BCUT2D eigenvalue weighted by Gasteiger charge is 2.45. The molecule has 0 aromatic carbocycles. The molecule has 2 aliphatic rings. The van der Waals surface area contributed by atoms with Gasteiger partial charge >= 0.3 is 0 Å². The number of nitrogens with zero attached hydrogens (tertiary/aromatic N) is 1. The summed E-state index contributed by atoms with van der Waals surface area (Å²) in [5.74, 6) is 1.67. The van der Waals surface area contributed by atoms with Crippen molar-refractivity contribution in [2.75, 3.05) is 32.8 Å². The van der Waals surface area contributed by atoms with E-state index in [2.05, 4.69) is 37.9 Å². The second kappa shape index (κ2) is 7.94. The van der Waals surface area contributed by atoms with Gasteiger partial charge in [0.1, 0.15) is 0 Å².